The molecule has 1 aromatic rings. The van der Waals surface area contributed by atoms with E-state index in [0.717, 1.165) is 11.1 Å². The molecule has 1 unspecified atom stereocenters. The molecule has 1 heterocycles. The zero-order valence-corrected chi connectivity index (χ0v) is 10.9. The fourth-order valence-corrected chi connectivity index (χ4v) is 2.40. The van der Waals surface area contributed by atoms with Gasteiger partial charge in [-0.15, -0.1) is 0 Å². The van der Waals surface area contributed by atoms with Gasteiger partial charge < -0.3 is 15.7 Å². The van der Waals surface area contributed by atoms with Crippen molar-refractivity contribution in [2.24, 2.45) is 5.73 Å². The van der Waals surface area contributed by atoms with E-state index in [-0.39, 0.29) is 12.5 Å². The Balaban J connectivity index is 2.30. The predicted octanol–water partition coefficient (Wildman–Crippen LogP) is 0.934. The first kappa shape index (κ1) is 13.5. The molecular formula is C14H18N2O3. The first-order valence-corrected chi connectivity index (χ1v) is 6.39. The maximum Gasteiger partial charge on any atom is 0.312 e. The summed E-state index contributed by atoms with van der Waals surface area (Å²) in [5, 5.41) is 9.31. The first-order chi connectivity index (χ1) is 9.04. The molecule has 1 aromatic carbocycles. The van der Waals surface area contributed by atoms with E-state index in [4.69, 9.17) is 5.73 Å². The highest BCUT2D eigenvalue weighted by molar-refractivity contribution is 5.84. The minimum atomic E-state index is -0.907. The topological polar surface area (TPSA) is 83.6 Å². The Morgan fingerprint density at radius 3 is 2.79 bits per heavy atom. The van der Waals surface area contributed by atoms with Crippen molar-refractivity contribution in [2.45, 2.75) is 31.8 Å². The molecule has 2 rings (SSSR count). The van der Waals surface area contributed by atoms with Gasteiger partial charge in [0.2, 0.25) is 5.91 Å². The number of aliphatic carboxylic acids is 1. The van der Waals surface area contributed by atoms with Gasteiger partial charge in [-0.3, -0.25) is 9.59 Å². The number of nitrogens with zero attached hydrogens (tertiary/aromatic N) is 1. The van der Waals surface area contributed by atoms with Crippen molar-refractivity contribution in [1.82, 2.24) is 4.90 Å². The van der Waals surface area contributed by atoms with Gasteiger partial charge >= 0.3 is 5.97 Å². The van der Waals surface area contributed by atoms with Crippen LogP contribution in [0.1, 0.15) is 30.4 Å². The van der Waals surface area contributed by atoms with Gasteiger partial charge in [0.1, 0.15) is 0 Å². The van der Waals surface area contributed by atoms with Gasteiger partial charge in [-0.05, 0) is 17.5 Å². The molecule has 0 aromatic heterocycles. The van der Waals surface area contributed by atoms with Gasteiger partial charge in [-0.1, -0.05) is 31.2 Å². The highest BCUT2D eigenvalue weighted by Gasteiger charge is 2.33. The van der Waals surface area contributed by atoms with Crippen molar-refractivity contribution in [3.63, 3.8) is 0 Å². The van der Waals surface area contributed by atoms with E-state index in [0.29, 0.717) is 13.0 Å². The van der Waals surface area contributed by atoms with Crippen molar-refractivity contribution in [3.8, 4) is 0 Å². The maximum absolute atomic E-state index is 12.1. The minimum Gasteiger partial charge on any atom is -0.481 e. The SMILES string of the molecule is CC[C@@H](N)C(=O)N1Cc2ccccc2C(C(=O)O)C1. The number of fused-ring (bicyclic) bond motifs is 1. The Morgan fingerprint density at radius 2 is 2.16 bits per heavy atom. The molecule has 1 aliphatic rings. The van der Waals surface area contributed by atoms with Crippen molar-refractivity contribution < 1.29 is 14.7 Å². The third-order valence-corrected chi connectivity index (χ3v) is 3.56. The Bertz CT molecular complexity index is 501. The first-order valence-electron chi connectivity index (χ1n) is 6.39. The number of carbonyl (C=O) groups is 2. The lowest BCUT2D eigenvalue weighted by atomic mass is 9.89. The van der Waals surface area contributed by atoms with Crippen LogP contribution in [0.5, 0.6) is 0 Å². The minimum absolute atomic E-state index is 0.178. The van der Waals surface area contributed by atoms with Crippen LogP contribution < -0.4 is 5.73 Å². The van der Waals surface area contributed by atoms with E-state index in [2.05, 4.69) is 0 Å². The van der Waals surface area contributed by atoms with Gasteiger partial charge in [-0.2, -0.15) is 0 Å². The van der Waals surface area contributed by atoms with Crippen molar-refractivity contribution in [3.05, 3.63) is 35.4 Å². The molecule has 0 bridgehead atoms. The fourth-order valence-electron chi connectivity index (χ4n) is 2.40. The molecule has 0 fully saturated rings. The number of amides is 1. The summed E-state index contributed by atoms with van der Waals surface area (Å²) in [4.78, 5) is 25.0. The Kier molecular flexibility index (Phi) is 3.85. The maximum atomic E-state index is 12.1. The zero-order valence-electron chi connectivity index (χ0n) is 10.9. The van der Waals surface area contributed by atoms with E-state index in [1.54, 1.807) is 4.90 Å². The molecule has 19 heavy (non-hydrogen) atoms. The largest absolute Gasteiger partial charge is 0.481 e. The lowest BCUT2D eigenvalue weighted by Crippen LogP contribution is -2.47. The van der Waals surface area contributed by atoms with Crippen LogP contribution in [0.15, 0.2) is 24.3 Å². The smallest absolute Gasteiger partial charge is 0.312 e. The van der Waals surface area contributed by atoms with Crippen molar-refractivity contribution >= 4 is 11.9 Å². The summed E-state index contributed by atoms with van der Waals surface area (Å²) >= 11 is 0. The van der Waals surface area contributed by atoms with Crippen molar-refractivity contribution in [1.29, 1.82) is 0 Å². The molecule has 5 heteroatoms. The van der Waals surface area contributed by atoms with E-state index in [1.165, 1.54) is 0 Å². The normalized spacial score (nSPS) is 19.7. The molecule has 5 nitrogen and oxygen atoms in total. The van der Waals surface area contributed by atoms with E-state index < -0.39 is 17.9 Å². The number of hydrogen-bond acceptors (Lipinski definition) is 3. The van der Waals surface area contributed by atoms with Crippen LogP contribution in [-0.2, 0) is 16.1 Å². The molecule has 0 saturated carbocycles. The summed E-state index contributed by atoms with van der Waals surface area (Å²) in [6.45, 7) is 2.47. The van der Waals surface area contributed by atoms with Crippen molar-refractivity contribution in [2.75, 3.05) is 6.54 Å². The van der Waals surface area contributed by atoms with Crippen LogP contribution in [0.3, 0.4) is 0 Å². The fraction of sp³-hybridized carbons (Fsp3) is 0.429. The molecule has 1 amide bonds. The Hall–Kier alpha value is -1.88. The number of hydrogen-bond donors (Lipinski definition) is 2. The molecule has 2 atom stereocenters. The van der Waals surface area contributed by atoms with Crippen LogP contribution in [0, 0.1) is 0 Å². The summed E-state index contributed by atoms with van der Waals surface area (Å²) in [6.07, 6.45) is 0.550. The molecule has 0 spiro atoms. The average Bonchev–Trinajstić information content (AvgIpc) is 2.44. The van der Waals surface area contributed by atoms with E-state index in [9.17, 15) is 14.7 Å². The van der Waals surface area contributed by atoms with E-state index >= 15 is 0 Å². The molecule has 0 saturated heterocycles. The summed E-state index contributed by atoms with van der Waals surface area (Å²) < 4.78 is 0. The number of carbonyl (C=O) groups excluding carboxylic acids is 1. The van der Waals surface area contributed by atoms with Crippen LogP contribution in [-0.4, -0.2) is 34.5 Å². The second-order valence-electron chi connectivity index (χ2n) is 4.82. The quantitative estimate of drug-likeness (QED) is 0.849. The summed E-state index contributed by atoms with van der Waals surface area (Å²) in [6, 6.07) is 6.80. The predicted molar refractivity (Wildman–Crippen MR) is 70.5 cm³/mol. The third-order valence-electron chi connectivity index (χ3n) is 3.56. The molecule has 3 N–H and O–H groups in total. The second kappa shape index (κ2) is 5.40. The number of carboxylic acid groups (broad SMARTS) is 1. The summed E-state index contributed by atoms with van der Waals surface area (Å²) in [5.74, 6) is -1.75. The van der Waals surface area contributed by atoms with Gasteiger partial charge in [0.05, 0.1) is 12.0 Å². The average molecular weight is 262 g/mol. The van der Waals surface area contributed by atoms with Gasteiger partial charge in [0, 0.05) is 13.1 Å². The molecule has 0 aliphatic carbocycles. The number of benzene rings is 1. The van der Waals surface area contributed by atoms with E-state index in [1.807, 2.05) is 31.2 Å². The third kappa shape index (κ3) is 2.61. The lowest BCUT2D eigenvalue weighted by molar-refractivity contribution is -0.141. The highest BCUT2D eigenvalue weighted by Crippen LogP contribution is 2.28. The standard InChI is InChI=1S/C14H18N2O3/c1-2-12(15)13(17)16-7-9-5-3-4-6-10(9)11(8-16)14(18)19/h3-6,11-12H,2,7-8,15H2,1H3,(H,18,19)/t11?,12-/m1/s1. The highest BCUT2D eigenvalue weighted by atomic mass is 16.4. The monoisotopic (exact) mass is 262 g/mol. The summed E-state index contributed by atoms with van der Waals surface area (Å²) in [7, 11) is 0. The zero-order chi connectivity index (χ0) is 14.0. The van der Waals surface area contributed by atoms with Crippen LogP contribution in [0.4, 0.5) is 0 Å². The molecular weight excluding hydrogens is 244 g/mol. The molecule has 102 valence electrons. The molecule has 0 radical (unpaired) electrons. The Labute approximate surface area is 112 Å². The van der Waals surface area contributed by atoms with Gasteiger partial charge in [0.25, 0.3) is 0 Å². The van der Waals surface area contributed by atoms with Gasteiger partial charge in [0.15, 0.2) is 0 Å². The number of rotatable bonds is 3. The number of carboxylic acids is 1. The van der Waals surface area contributed by atoms with Gasteiger partial charge in [-0.25, -0.2) is 0 Å². The number of nitrogens with two attached hydrogens (primary N) is 1. The lowest BCUT2D eigenvalue weighted by Gasteiger charge is -2.34. The van der Waals surface area contributed by atoms with Crippen LogP contribution in [0.2, 0.25) is 0 Å². The summed E-state index contributed by atoms with van der Waals surface area (Å²) in [5.41, 5.74) is 7.43. The molecule has 1 aliphatic heterocycles. The van der Waals surface area contributed by atoms with Crippen LogP contribution in [0.25, 0.3) is 0 Å². The Morgan fingerprint density at radius 1 is 1.47 bits per heavy atom. The second-order valence-corrected chi connectivity index (χ2v) is 4.82. The van der Waals surface area contributed by atoms with Crippen LogP contribution >= 0.6 is 0 Å².